The van der Waals surface area contributed by atoms with Gasteiger partial charge in [0.1, 0.15) is 0 Å². The summed E-state index contributed by atoms with van der Waals surface area (Å²) in [5.74, 6) is -0.581. The second-order valence-corrected chi connectivity index (χ2v) is 6.05. The van der Waals surface area contributed by atoms with Gasteiger partial charge in [-0.1, -0.05) is 11.3 Å². The summed E-state index contributed by atoms with van der Waals surface area (Å²) in [7, 11) is 0. The topological polar surface area (TPSA) is 71.8 Å². The fraction of sp³-hybridized carbons (Fsp3) is 0.438. The first kappa shape index (κ1) is 20.2. The number of piperidine rings is 1. The Hall–Kier alpha value is -2.13. The van der Waals surface area contributed by atoms with Gasteiger partial charge in [0.05, 0.1) is 17.8 Å². The van der Waals surface area contributed by atoms with Crippen molar-refractivity contribution in [2.24, 2.45) is 0 Å². The summed E-state index contributed by atoms with van der Waals surface area (Å²) >= 11 is 0. The van der Waals surface area contributed by atoms with Gasteiger partial charge in [-0.05, 0) is 50.6 Å². The molecule has 2 heterocycles. The molecule has 1 saturated heterocycles. The van der Waals surface area contributed by atoms with Gasteiger partial charge in [-0.15, -0.1) is 17.5 Å². The number of halogens is 4. The van der Waals surface area contributed by atoms with E-state index < -0.39 is 17.6 Å². The number of anilines is 1. The Morgan fingerprint density at radius 1 is 1.31 bits per heavy atom. The van der Waals surface area contributed by atoms with Crippen LogP contribution in [0.2, 0.25) is 0 Å². The third-order valence-corrected chi connectivity index (χ3v) is 4.24. The van der Waals surface area contributed by atoms with Gasteiger partial charge in [-0.2, -0.15) is 13.2 Å². The average Bonchev–Trinajstić information content (AvgIpc) is 3.07. The van der Waals surface area contributed by atoms with Crippen LogP contribution in [0.4, 0.5) is 18.9 Å². The number of carbonyl (C=O) groups excluding carboxylic acids is 1. The molecule has 0 radical (unpaired) electrons. The Morgan fingerprint density at radius 2 is 2.00 bits per heavy atom. The zero-order valence-electron chi connectivity index (χ0n) is 14.0. The van der Waals surface area contributed by atoms with Crippen LogP contribution in [0.5, 0.6) is 0 Å². The molecule has 0 unspecified atom stereocenters. The van der Waals surface area contributed by atoms with Crippen LogP contribution in [-0.4, -0.2) is 34.0 Å². The van der Waals surface area contributed by atoms with E-state index in [4.69, 9.17) is 0 Å². The van der Waals surface area contributed by atoms with Gasteiger partial charge >= 0.3 is 6.18 Å². The minimum absolute atomic E-state index is 0. The van der Waals surface area contributed by atoms with Crippen LogP contribution in [0, 0.1) is 6.92 Å². The molecule has 6 nitrogen and oxygen atoms in total. The summed E-state index contributed by atoms with van der Waals surface area (Å²) in [6.07, 6.45) is -1.16. The molecule has 0 aliphatic carbocycles. The fourth-order valence-corrected chi connectivity index (χ4v) is 2.75. The van der Waals surface area contributed by atoms with E-state index in [2.05, 4.69) is 20.9 Å². The first-order valence-electron chi connectivity index (χ1n) is 7.96. The maximum absolute atomic E-state index is 12.8. The lowest BCUT2D eigenvalue weighted by Crippen LogP contribution is -2.29. The summed E-state index contributed by atoms with van der Waals surface area (Å²) in [6.45, 7) is 3.37. The fourth-order valence-electron chi connectivity index (χ4n) is 2.75. The monoisotopic (exact) mass is 389 g/mol. The highest BCUT2D eigenvalue weighted by molar-refractivity contribution is 6.03. The predicted octanol–water partition coefficient (Wildman–Crippen LogP) is 3.20. The minimum Gasteiger partial charge on any atom is -0.320 e. The van der Waals surface area contributed by atoms with Crippen molar-refractivity contribution in [2.75, 3.05) is 18.4 Å². The van der Waals surface area contributed by atoms with Gasteiger partial charge in [0.25, 0.3) is 5.91 Å². The Morgan fingerprint density at radius 3 is 2.65 bits per heavy atom. The number of alkyl halides is 3. The number of amides is 1. The number of hydrogen-bond donors (Lipinski definition) is 2. The SMILES string of the molecule is Cc1ccc(C(F)(F)F)cc1NC(=O)c1cn(C2CCNCC2)nn1.Cl. The quantitative estimate of drug-likeness (QED) is 0.845. The largest absolute Gasteiger partial charge is 0.416 e. The van der Waals surface area contributed by atoms with Gasteiger partial charge in [0.2, 0.25) is 0 Å². The lowest BCUT2D eigenvalue weighted by atomic mass is 10.1. The van der Waals surface area contributed by atoms with Crippen LogP contribution in [0.15, 0.2) is 24.4 Å². The zero-order chi connectivity index (χ0) is 18.0. The summed E-state index contributed by atoms with van der Waals surface area (Å²) in [5, 5.41) is 13.6. The van der Waals surface area contributed by atoms with Crippen molar-refractivity contribution in [3.8, 4) is 0 Å². The van der Waals surface area contributed by atoms with E-state index >= 15 is 0 Å². The van der Waals surface area contributed by atoms with Gasteiger partial charge in [-0.3, -0.25) is 4.79 Å². The van der Waals surface area contributed by atoms with Crippen LogP contribution in [0.1, 0.15) is 40.5 Å². The number of carbonyl (C=O) groups is 1. The average molecular weight is 390 g/mol. The van der Waals surface area contributed by atoms with Crippen molar-refractivity contribution < 1.29 is 18.0 Å². The third-order valence-electron chi connectivity index (χ3n) is 4.24. The lowest BCUT2D eigenvalue weighted by Gasteiger charge is -2.22. The summed E-state index contributed by atoms with van der Waals surface area (Å²) in [6, 6.07) is 3.40. The lowest BCUT2D eigenvalue weighted by molar-refractivity contribution is -0.137. The number of nitrogens with zero attached hydrogens (tertiary/aromatic N) is 3. The minimum atomic E-state index is -4.47. The van der Waals surface area contributed by atoms with Gasteiger partial charge in [-0.25, -0.2) is 4.68 Å². The number of rotatable bonds is 3. The van der Waals surface area contributed by atoms with E-state index in [1.165, 1.54) is 12.3 Å². The normalized spacial score (nSPS) is 15.4. The highest BCUT2D eigenvalue weighted by Gasteiger charge is 2.31. The molecule has 0 spiro atoms. The van der Waals surface area contributed by atoms with E-state index in [-0.39, 0.29) is 29.8 Å². The van der Waals surface area contributed by atoms with E-state index in [1.54, 1.807) is 11.6 Å². The number of nitrogens with one attached hydrogen (secondary N) is 2. The number of aromatic nitrogens is 3. The van der Waals surface area contributed by atoms with Crippen LogP contribution in [0.3, 0.4) is 0 Å². The summed E-state index contributed by atoms with van der Waals surface area (Å²) < 4.78 is 40.1. The molecule has 1 amide bonds. The van der Waals surface area contributed by atoms with Crippen LogP contribution in [0.25, 0.3) is 0 Å². The van der Waals surface area contributed by atoms with Crippen molar-refractivity contribution in [1.82, 2.24) is 20.3 Å². The zero-order valence-corrected chi connectivity index (χ0v) is 14.8. The van der Waals surface area contributed by atoms with Crippen LogP contribution in [-0.2, 0) is 6.18 Å². The molecule has 0 saturated carbocycles. The molecule has 1 aliphatic heterocycles. The molecule has 142 valence electrons. The molecule has 2 N–H and O–H groups in total. The van der Waals surface area contributed by atoms with E-state index in [0.717, 1.165) is 38.1 Å². The smallest absolute Gasteiger partial charge is 0.320 e. The number of hydrogen-bond acceptors (Lipinski definition) is 4. The van der Waals surface area contributed by atoms with Gasteiger partial charge in [0.15, 0.2) is 5.69 Å². The van der Waals surface area contributed by atoms with E-state index in [1.807, 2.05) is 0 Å². The number of benzene rings is 1. The van der Waals surface area contributed by atoms with Crippen molar-refractivity contribution in [3.05, 3.63) is 41.2 Å². The molecule has 2 aromatic rings. The maximum atomic E-state index is 12.8. The second kappa shape index (κ2) is 8.05. The van der Waals surface area contributed by atoms with Crippen molar-refractivity contribution in [2.45, 2.75) is 32.0 Å². The maximum Gasteiger partial charge on any atom is 0.416 e. The molecule has 26 heavy (non-hydrogen) atoms. The van der Waals surface area contributed by atoms with E-state index in [9.17, 15) is 18.0 Å². The highest BCUT2D eigenvalue weighted by atomic mass is 35.5. The molecule has 1 aliphatic rings. The molecular weight excluding hydrogens is 371 g/mol. The van der Waals surface area contributed by atoms with Gasteiger partial charge in [0, 0.05) is 5.69 Å². The molecule has 3 rings (SSSR count). The molecule has 1 aromatic carbocycles. The summed E-state index contributed by atoms with van der Waals surface area (Å²) in [4.78, 5) is 12.3. The molecule has 0 atom stereocenters. The highest BCUT2D eigenvalue weighted by Crippen LogP contribution is 2.32. The van der Waals surface area contributed by atoms with Gasteiger partial charge < -0.3 is 10.6 Å². The Labute approximate surface area is 154 Å². The van der Waals surface area contributed by atoms with Crippen molar-refractivity contribution in [1.29, 1.82) is 0 Å². The molecule has 1 fully saturated rings. The predicted molar refractivity (Wildman–Crippen MR) is 92.5 cm³/mol. The molecule has 1 aromatic heterocycles. The third kappa shape index (κ3) is 4.53. The molecule has 0 bridgehead atoms. The molecular formula is C16H19ClF3N5O. The number of aryl methyl sites for hydroxylation is 1. The van der Waals surface area contributed by atoms with E-state index in [0.29, 0.717) is 5.56 Å². The Bertz CT molecular complexity index is 771. The van der Waals surface area contributed by atoms with Crippen LogP contribution >= 0.6 is 12.4 Å². The Kier molecular flexibility index (Phi) is 6.25. The summed E-state index contributed by atoms with van der Waals surface area (Å²) in [5.41, 5.74) is -0.0922. The second-order valence-electron chi connectivity index (χ2n) is 6.05. The van der Waals surface area contributed by atoms with Crippen molar-refractivity contribution in [3.63, 3.8) is 0 Å². The first-order chi connectivity index (χ1) is 11.8. The standard InChI is InChI=1S/C16H18F3N5O.ClH/c1-10-2-3-11(16(17,18)19)8-13(10)21-15(25)14-9-24(23-22-14)12-4-6-20-7-5-12;/h2-3,8-9,12,20H,4-7H2,1H3,(H,21,25);1H. The van der Waals surface area contributed by atoms with Crippen LogP contribution < -0.4 is 10.6 Å². The molecule has 10 heteroatoms. The first-order valence-corrected chi connectivity index (χ1v) is 7.96. The van der Waals surface area contributed by atoms with Crippen molar-refractivity contribution >= 4 is 24.0 Å². The Balaban J connectivity index is 0.00000243.